The molecule has 0 heterocycles. The smallest absolute Gasteiger partial charge is 0.143 e. The van der Waals surface area contributed by atoms with Crippen LogP contribution in [0.3, 0.4) is 0 Å². The third-order valence-electron chi connectivity index (χ3n) is 3.74. The molecule has 0 N–H and O–H groups in total. The molecule has 0 bridgehead atoms. The van der Waals surface area contributed by atoms with E-state index in [1.54, 1.807) is 32.6 Å². The molecule has 2 aromatic rings. The van der Waals surface area contributed by atoms with Gasteiger partial charge in [-0.3, -0.25) is 4.99 Å². The average Bonchev–Trinajstić information content (AvgIpc) is 2.65. The van der Waals surface area contributed by atoms with Crippen molar-refractivity contribution in [2.75, 3.05) is 44.0 Å². The lowest BCUT2D eigenvalue weighted by molar-refractivity contribution is 0.402. The fraction of sp³-hybridized carbons (Fsp3) is 0.316. The summed E-state index contributed by atoms with van der Waals surface area (Å²) in [5.41, 5.74) is 2.07. The van der Waals surface area contributed by atoms with Gasteiger partial charge in [0.25, 0.3) is 0 Å². The molecule has 0 radical (unpaired) electrons. The van der Waals surface area contributed by atoms with Crippen molar-refractivity contribution >= 4 is 53.2 Å². The van der Waals surface area contributed by atoms with Crippen molar-refractivity contribution in [3.8, 4) is 11.5 Å². The minimum absolute atomic E-state index is 0. The third kappa shape index (κ3) is 6.45. The van der Waals surface area contributed by atoms with Gasteiger partial charge in [0, 0.05) is 42.7 Å². The maximum absolute atomic E-state index is 13.3. The number of anilines is 1. The fourth-order valence-electron chi connectivity index (χ4n) is 2.51. The van der Waals surface area contributed by atoms with Crippen molar-refractivity contribution in [1.82, 2.24) is 0 Å². The van der Waals surface area contributed by atoms with Crippen LogP contribution in [0.5, 0.6) is 11.5 Å². The molecule has 2 rings (SSSR count). The van der Waals surface area contributed by atoms with E-state index < -0.39 is 0 Å². The summed E-state index contributed by atoms with van der Waals surface area (Å²) in [4.78, 5) is 6.35. The number of nitrogens with zero attached hydrogens (tertiary/aromatic N) is 2. The van der Waals surface area contributed by atoms with E-state index in [2.05, 4.69) is 4.99 Å². The normalized spacial score (nSPS) is 10.6. The fourth-order valence-corrected chi connectivity index (χ4v) is 2.92. The number of hydrogen-bond donors (Lipinski definition) is 0. The molecule has 0 aromatic heterocycles. The second kappa shape index (κ2) is 11.9. The first-order chi connectivity index (χ1) is 12.6. The maximum atomic E-state index is 13.3. The van der Waals surface area contributed by atoms with Crippen molar-refractivity contribution in [1.29, 1.82) is 0 Å². The lowest BCUT2D eigenvalue weighted by Gasteiger charge is -2.26. The largest absolute Gasteiger partial charge is 0.496 e. The Kier molecular flexibility index (Phi) is 10.3. The molecular weight excluding hydrogens is 414 g/mol. The molecule has 0 aliphatic heterocycles. The maximum Gasteiger partial charge on any atom is 0.143 e. The first kappa shape index (κ1) is 23.3. The molecule has 27 heavy (non-hydrogen) atoms. The Morgan fingerprint density at radius 3 is 2.26 bits per heavy atom. The van der Waals surface area contributed by atoms with Crippen molar-refractivity contribution in [3.05, 3.63) is 47.8 Å². The molecule has 0 unspecified atom stereocenters. The third-order valence-corrected chi connectivity index (χ3v) is 4.08. The van der Waals surface area contributed by atoms with Crippen LogP contribution in [-0.4, -0.2) is 45.3 Å². The van der Waals surface area contributed by atoms with Crippen molar-refractivity contribution in [2.45, 2.75) is 0 Å². The van der Waals surface area contributed by atoms with Crippen molar-refractivity contribution in [2.24, 2.45) is 4.99 Å². The van der Waals surface area contributed by atoms with E-state index >= 15 is 0 Å². The summed E-state index contributed by atoms with van der Waals surface area (Å²) in [5.74, 6) is 1.87. The second-order valence-electron chi connectivity index (χ2n) is 5.37. The molecule has 0 saturated heterocycles. The van der Waals surface area contributed by atoms with Gasteiger partial charge >= 0.3 is 0 Å². The minimum Gasteiger partial charge on any atom is -0.496 e. The van der Waals surface area contributed by atoms with E-state index in [9.17, 15) is 4.39 Å². The lowest BCUT2D eigenvalue weighted by atomic mass is 10.1. The number of alkyl halides is 2. The van der Waals surface area contributed by atoms with Crippen LogP contribution in [0.25, 0.3) is 0 Å². The van der Waals surface area contributed by atoms with E-state index in [4.69, 9.17) is 32.7 Å². The number of halogens is 4. The van der Waals surface area contributed by atoms with Crippen LogP contribution in [0.15, 0.2) is 41.4 Å². The summed E-state index contributed by atoms with van der Waals surface area (Å²) in [5, 5.41) is 0. The molecule has 2 aromatic carbocycles. The number of aliphatic imine (C=N–C) groups is 1. The number of hydrogen-bond acceptors (Lipinski definition) is 4. The zero-order chi connectivity index (χ0) is 18.9. The van der Waals surface area contributed by atoms with E-state index in [1.165, 1.54) is 12.1 Å². The first-order valence-electron chi connectivity index (χ1n) is 8.05. The van der Waals surface area contributed by atoms with E-state index in [0.29, 0.717) is 47.6 Å². The summed E-state index contributed by atoms with van der Waals surface area (Å²) >= 11 is 11.8. The van der Waals surface area contributed by atoms with Gasteiger partial charge in [-0.1, -0.05) is 6.07 Å². The van der Waals surface area contributed by atoms with Crippen LogP contribution in [0.4, 0.5) is 15.8 Å². The number of ether oxygens (including phenoxy) is 2. The highest BCUT2D eigenvalue weighted by atomic mass is 35.5. The quantitative estimate of drug-likeness (QED) is 0.396. The Balaban J connectivity index is 0.00000364. The van der Waals surface area contributed by atoms with Crippen molar-refractivity contribution < 1.29 is 13.9 Å². The van der Waals surface area contributed by atoms with Gasteiger partial charge in [0.1, 0.15) is 17.3 Å². The Hall–Kier alpha value is -1.69. The van der Waals surface area contributed by atoms with Gasteiger partial charge in [-0.05, 0) is 24.3 Å². The highest BCUT2D eigenvalue weighted by Gasteiger charge is 2.16. The van der Waals surface area contributed by atoms with Crippen LogP contribution in [0.2, 0.25) is 0 Å². The number of benzene rings is 2. The van der Waals surface area contributed by atoms with E-state index in [1.807, 2.05) is 17.0 Å². The monoisotopic (exact) mass is 434 g/mol. The van der Waals surface area contributed by atoms with Gasteiger partial charge in [0.15, 0.2) is 0 Å². The van der Waals surface area contributed by atoms with Crippen molar-refractivity contribution in [3.63, 3.8) is 0 Å². The Labute approximate surface area is 175 Å². The van der Waals surface area contributed by atoms with Gasteiger partial charge in [-0.25, -0.2) is 4.39 Å². The van der Waals surface area contributed by atoms with Crippen LogP contribution in [0, 0.1) is 5.82 Å². The molecule has 0 saturated carbocycles. The van der Waals surface area contributed by atoms with Gasteiger partial charge in [-0.15, -0.1) is 35.6 Å². The van der Waals surface area contributed by atoms with Crippen LogP contribution < -0.4 is 14.4 Å². The molecule has 8 heteroatoms. The predicted octanol–water partition coefficient (Wildman–Crippen LogP) is 5.30. The van der Waals surface area contributed by atoms with Gasteiger partial charge in [0.2, 0.25) is 0 Å². The second-order valence-corrected chi connectivity index (χ2v) is 6.13. The predicted molar refractivity (Wildman–Crippen MR) is 114 cm³/mol. The summed E-state index contributed by atoms with van der Waals surface area (Å²) < 4.78 is 24.3. The zero-order valence-corrected chi connectivity index (χ0v) is 17.5. The summed E-state index contributed by atoms with van der Waals surface area (Å²) in [7, 11) is 3.18. The molecule has 148 valence electrons. The molecule has 0 fully saturated rings. The molecular formula is C19H22Cl3FN2O2. The average molecular weight is 436 g/mol. The Morgan fingerprint density at radius 1 is 1.04 bits per heavy atom. The molecule has 0 atom stereocenters. The number of methoxy groups -OCH3 is 2. The lowest BCUT2D eigenvalue weighted by Crippen LogP contribution is -2.28. The van der Waals surface area contributed by atoms with E-state index in [0.717, 1.165) is 5.69 Å². The van der Waals surface area contributed by atoms with Crippen LogP contribution >= 0.6 is 35.6 Å². The molecule has 0 amide bonds. The zero-order valence-electron chi connectivity index (χ0n) is 15.1. The number of rotatable bonds is 9. The van der Waals surface area contributed by atoms with Crippen LogP contribution in [-0.2, 0) is 0 Å². The SMILES string of the molecule is COc1cc(N(CCCl)CCCl)c(OC)cc1C=Nc1cccc(F)c1.Cl. The van der Waals surface area contributed by atoms with Gasteiger partial charge in [-0.2, -0.15) is 0 Å². The summed E-state index contributed by atoms with van der Waals surface area (Å²) in [6.45, 7) is 1.26. The summed E-state index contributed by atoms with van der Waals surface area (Å²) in [6.07, 6.45) is 1.62. The molecule has 0 spiro atoms. The first-order valence-corrected chi connectivity index (χ1v) is 9.12. The van der Waals surface area contributed by atoms with E-state index in [-0.39, 0.29) is 18.2 Å². The van der Waals surface area contributed by atoms with Crippen LogP contribution in [0.1, 0.15) is 5.56 Å². The summed E-state index contributed by atoms with van der Waals surface area (Å²) in [6, 6.07) is 9.76. The topological polar surface area (TPSA) is 34.1 Å². The van der Waals surface area contributed by atoms with Gasteiger partial charge < -0.3 is 14.4 Å². The Morgan fingerprint density at radius 2 is 1.70 bits per heavy atom. The highest BCUT2D eigenvalue weighted by molar-refractivity contribution is 6.18. The molecule has 0 aliphatic carbocycles. The Bertz CT molecular complexity index is 754. The standard InChI is InChI=1S/C19H21Cl2FN2O2.ClH/c1-25-18-12-17(24(8-6-20)9-7-21)19(26-2)10-14(18)13-23-16-5-3-4-15(22)11-16;/h3-5,10-13H,6-9H2,1-2H3;1H. The minimum atomic E-state index is -0.336. The molecule has 0 aliphatic rings. The highest BCUT2D eigenvalue weighted by Crippen LogP contribution is 2.35. The molecule has 4 nitrogen and oxygen atoms in total. The van der Waals surface area contributed by atoms with Gasteiger partial charge in [0.05, 0.1) is 25.6 Å².